The molecule has 1 aromatic rings. The van der Waals surface area contributed by atoms with E-state index in [1.54, 1.807) is 0 Å². The number of hydrogen-bond acceptors (Lipinski definition) is 4. The molecule has 0 atom stereocenters. The van der Waals surface area contributed by atoms with Gasteiger partial charge < -0.3 is 9.47 Å². The van der Waals surface area contributed by atoms with Crippen molar-refractivity contribution in [2.24, 2.45) is 0 Å². The van der Waals surface area contributed by atoms with Gasteiger partial charge >= 0.3 is 5.97 Å². The SMILES string of the molecule is CC(C)c1ccc(C(=O)OCCN2CCOCC2)cc1. The van der Waals surface area contributed by atoms with Gasteiger partial charge in [-0.2, -0.15) is 0 Å². The highest BCUT2D eigenvalue weighted by molar-refractivity contribution is 5.89. The minimum Gasteiger partial charge on any atom is -0.461 e. The minimum atomic E-state index is -0.242. The molecule has 1 aliphatic heterocycles. The monoisotopic (exact) mass is 277 g/mol. The van der Waals surface area contributed by atoms with Crippen LogP contribution in [0.1, 0.15) is 35.7 Å². The number of carbonyl (C=O) groups excluding carboxylic acids is 1. The van der Waals surface area contributed by atoms with Crippen molar-refractivity contribution in [2.45, 2.75) is 19.8 Å². The Labute approximate surface area is 120 Å². The van der Waals surface area contributed by atoms with Gasteiger partial charge in [0.05, 0.1) is 18.8 Å². The maximum atomic E-state index is 11.9. The van der Waals surface area contributed by atoms with E-state index in [9.17, 15) is 4.79 Å². The Morgan fingerprint density at radius 3 is 2.50 bits per heavy atom. The summed E-state index contributed by atoms with van der Waals surface area (Å²) < 4.78 is 10.6. The average Bonchev–Trinajstić information content (AvgIpc) is 2.48. The molecule has 1 saturated heterocycles. The van der Waals surface area contributed by atoms with Crippen LogP contribution in [0.4, 0.5) is 0 Å². The summed E-state index contributed by atoms with van der Waals surface area (Å²) in [6.07, 6.45) is 0. The molecular formula is C16H23NO3. The van der Waals surface area contributed by atoms with Crippen LogP contribution in [0.5, 0.6) is 0 Å². The van der Waals surface area contributed by atoms with E-state index >= 15 is 0 Å². The molecule has 2 rings (SSSR count). The van der Waals surface area contributed by atoms with Crippen LogP contribution < -0.4 is 0 Å². The lowest BCUT2D eigenvalue weighted by Gasteiger charge is -2.26. The third kappa shape index (κ3) is 4.32. The molecule has 0 saturated carbocycles. The molecule has 0 radical (unpaired) electrons. The van der Waals surface area contributed by atoms with Gasteiger partial charge in [0.15, 0.2) is 0 Å². The summed E-state index contributed by atoms with van der Waals surface area (Å²) in [6, 6.07) is 7.66. The third-order valence-electron chi connectivity index (χ3n) is 3.56. The lowest BCUT2D eigenvalue weighted by Crippen LogP contribution is -2.38. The Balaban J connectivity index is 1.76. The Hall–Kier alpha value is -1.39. The van der Waals surface area contributed by atoms with E-state index < -0.39 is 0 Å². The van der Waals surface area contributed by atoms with Crippen LogP contribution in [0.3, 0.4) is 0 Å². The predicted molar refractivity (Wildman–Crippen MR) is 78.1 cm³/mol. The van der Waals surface area contributed by atoms with Crippen molar-refractivity contribution in [2.75, 3.05) is 39.5 Å². The number of hydrogen-bond donors (Lipinski definition) is 0. The second kappa shape index (κ2) is 7.41. The van der Waals surface area contributed by atoms with Gasteiger partial charge in [0.25, 0.3) is 0 Å². The van der Waals surface area contributed by atoms with E-state index in [1.807, 2.05) is 24.3 Å². The Morgan fingerprint density at radius 2 is 1.90 bits per heavy atom. The molecule has 110 valence electrons. The van der Waals surface area contributed by atoms with Gasteiger partial charge in [-0.1, -0.05) is 26.0 Å². The number of ether oxygens (including phenoxy) is 2. The lowest BCUT2D eigenvalue weighted by atomic mass is 10.0. The topological polar surface area (TPSA) is 38.8 Å². The molecule has 4 heteroatoms. The van der Waals surface area contributed by atoms with E-state index in [0.29, 0.717) is 18.1 Å². The van der Waals surface area contributed by atoms with Crippen molar-refractivity contribution >= 4 is 5.97 Å². The number of benzene rings is 1. The standard InChI is InChI=1S/C16H23NO3/c1-13(2)14-3-5-15(6-4-14)16(18)20-12-9-17-7-10-19-11-8-17/h3-6,13H,7-12H2,1-2H3. The molecule has 4 nitrogen and oxygen atoms in total. The molecule has 0 spiro atoms. The first-order chi connectivity index (χ1) is 9.66. The Bertz CT molecular complexity index is 422. The number of esters is 1. The first-order valence-corrected chi connectivity index (χ1v) is 7.24. The molecule has 0 unspecified atom stereocenters. The molecule has 1 aliphatic rings. The summed E-state index contributed by atoms with van der Waals surface area (Å²) in [6.45, 7) is 8.85. The van der Waals surface area contributed by atoms with Crippen molar-refractivity contribution in [1.82, 2.24) is 4.90 Å². The van der Waals surface area contributed by atoms with Crippen LogP contribution in [0, 0.1) is 0 Å². The molecule has 0 N–H and O–H groups in total. The summed E-state index contributed by atoms with van der Waals surface area (Å²) >= 11 is 0. The van der Waals surface area contributed by atoms with Crippen molar-refractivity contribution in [3.8, 4) is 0 Å². The first-order valence-electron chi connectivity index (χ1n) is 7.24. The summed E-state index contributed by atoms with van der Waals surface area (Å²) in [5.74, 6) is 0.231. The normalized spacial score (nSPS) is 16.4. The van der Waals surface area contributed by atoms with E-state index in [2.05, 4.69) is 18.7 Å². The zero-order valence-corrected chi connectivity index (χ0v) is 12.3. The van der Waals surface area contributed by atoms with E-state index in [-0.39, 0.29) is 5.97 Å². The fourth-order valence-corrected chi connectivity index (χ4v) is 2.18. The van der Waals surface area contributed by atoms with E-state index in [4.69, 9.17) is 9.47 Å². The quantitative estimate of drug-likeness (QED) is 0.774. The molecular weight excluding hydrogens is 254 g/mol. The summed E-state index contributed by atoms with van der Waals surface area (Å²) in [5.41, 5.74) is 1.85. The maximum Gasteiger partial charge on any atom is 0.338 e. The maximum absolute atomic E-state index is 11.9. The fourth-order valence-electron chi connectivity index (χ4n) is 2.18. The van der Waals surface area contributed by atoms with Crippen molar-refractivity contribution in [3.63, 3.8) is 0 Å². The lowest BCUT2D eigenvalue weighted by molar-refractivity contribution is 0.0195. The second-order valence-corrected chi connectivity index (χ2v) is 5.37. The van der Waals surface area contributed by atoms with Gasteiger partial charge in [0.1, 0.15) is 6.61 Å². The van der Waals surface area contributed by atoms with Crippen LogP contribution in [0.2, 0.25) is 0 Å². The molecule has 0 amide bonds. The van der Waals surface area contributed by atoms with Gasteiger partial charge in [0, 0.05) is 19.6 Å². The minimum absolute atomic E-state index is 0.242. The molecule has 0 aromatic heterocycles. The molecule has 1 heterocycles. The van der Waals surface area contributed by atoms with Gasteiger partial charge in [-0.05, 0) is 23.6 Å². The van der Waals surface area contributed by atoms with Crippen molar-refractivity contribution < 1.29 is 14.3 Å². The first kappa shape index (κ1) is 15.0. The zero-order chi connectivity index (χ0) is 14.4. The van der Waals surface area contributed by atoms with Crippen LogP contribution >= 0.6 is 0 Å². The van der Waals surface area contributed by atoms with Gasteiger partial charge in [-0.3, -0.25) is 4.90 Å². The van der Waals surface area contributed by atoms with E-state index in [1.165, 1.54) is 5.56 Å². The average molecular weight is 277 g/mol. The molecule has 20 heavy (non-hydrogen) atoms. The molecule has 0 aliphatic carbocycles. The number of morpholine rings is 1. The van der Waals surface area contributed by atoms with Crippen LogP contribution in [0.15, 0.2) is 24.3 Å². The highest BCUT2D eigenvalue weighted by Crippen LogP contribution is 2.15. The largest absolute Gasteiger partial charge is 0.461 e. The molecule has 0 bridgehead atoms. The highest BCUT2D eigenvalue weighted by atomic mass is 16.5. The van der Waals surface area contributed by atoms with Crippen molar-refractivity contribution in [3.05, 3.63) is 35.4 Å². The summed E-state index contributed by atoms with van der Waals surface area (Å²) in [5, 5.41) is 0. The van der Waals surface area contributed by atoms with Gasteiger partial charge in [-0.15, -0.1) is 0 Å². The smallest absolute Gasteiger partial charge is 0.338 e. The number of carbonyl (C=O) groups is 1. The third-order valence-corrected chi connectivity index (χ3v) is 3.56. The van der Waals surface area contributed by atoms with Crippen molar-refractivity contribution in [1.29, 1.82) is 0 Å². The van der Waals surface area contributed by atoms with Crippen LogP contribution in [-0.4, -0.2) is 50.3 Å². The van der Waals surface area contributed by atoms with Crippen LogP contribution in [-0.2, 0) is 9.47 Å². The fraction of sp³-hybridized carbons (Fsp3) is 0.562. The van der Waals surface area contributed by atoms with Gasteiger partial charge in [-0.25, -0.2) is 4.79 Å². The summed E-state index contributed by atoms with van der Waals surface area (Å²) in [4.78, 5) is 14.2. The van der Waals surface area contributed by atoms with E-state index in [0.717, 1.165) is 32.8 Å². The second-order valence-electron chi connectivity index (χ2n) is 5.37. The van der Waals surface area contributed by atoms with Crippen LogP contribution in [0.25, 0.3) is 0 Å². The zero-order valence-electron chi connectivity index (χ0n) is 12.3. The number of rotatable bonds is 5. The number of nitrogens with zero attached hydrogens (tertiary/aromatic N) is 1. The Morgan fingerprint density at radius 1 is 1.25 bits per heavy atom. The molecule has 1 aromatic carbocycles. The predicted octanol–water partition coefficient (Wildman–Crippen LogP) is 2.30. The van der Waals surface area contributed by atoms with Gasteiger partial charge in [0.2, 0.25) is 0 Å². The highest BCUT2D eigenvalue weighted by Gasteiger charge is 2.12. The molecule has 1 fully saturated rings. The summed E-state index contributed by atoms with van der Waals surface area (Å²) in [7, 11) is 0. The Kier molecular flexibility index (Phi) is 5.56.